The van der Waals surface area contributed by atoms with Gasteiger partial charge in [0.25, 0.3) is 0 Å². The highest BCUT2D eigenvalue weighted by atomic mass is 35.5. The minimum absolute atomic E-state index is 0.0904. The van der Waals surface area contributed by atoms with Gasteiger partial charge in [-0.2, -0.15) is 0 Å². The third-order valence-corrected chi connectivity index (χ3v) is 5.55. The molecule has 8 heteroatoms. The average Bonchev–Trinajstić information content (AvgIpc) is 3.05. The third kappa shape index (κ3) is 4.83. The molecule has 140 valence electrons. The Labute approximate surface area is 172 Å². The number of rotatable bonds is 6. The van der Waals surface area contributed by atoms with Crippen molar-refractivity contribution < 1.29 is 4.79 Å². The monoisotopic (exact) mass is 420 g/mol. The number of hydrogen-bond acceptors (Lipinski definition) is 4. The minimum atomic E-state index is -0.0904. The molecular weight excluding hydrogens is 403 g/mol. The predicted octanol–water partition coefficient (Wildman–Crippen LogP) is 5.31. The van der Waals surface area contributed by atoms with Gasteiger partial charge in [-0.25, -0.2) is 0 Å². The number of halogens is 2. The summed E-state index contributed by atoms with van der Waals surface area (Å²) in [6, 6.07) is 13.0. The molecule has 5 nitrogen and oxygen atoms in total. The van der Waals surface area contributed by atoms with E-state index in [1.165, 1.54) is 11.8 Å². The van der Waals surface area contributed by atoms with Crippen molar-refractivity contribution in [3.8, 4) is 11.4 Å². The standard InChI is InChI=1S/C19H18Cl2N4OS/c1-3-25-18(13-7-8-15(20)16(21)10-13)23-24-19(25)27-11-17(26)22-14-6-4-5-12(2)9-14/h4-10H,3,11H2,1-2H3,(H,22,26). The van der Waals surface area contributed by atoms with Gasteiger partial charge < -0.3 is 9.88 Å². The molecular formula is C19H18Cl2N4OS. The first-order valence-corrected chi connectivity index (χ1v) is 10.1. The lowest BCUT2D eigenvalue weighted by atomic mass is 10.2. The van der Waals surface area contributed by atoms with E-state index in [1.54, 1.807) is 12.1 Å². The third-order valence-electron chi connectivity index (χ3n) is 3.85. The molecule has 0 fully saturated rings. The molecule has 1 heterocycles. The summed E-state index contributed by atoms with van der Waals surface area (Å²) < 4.78 is 1.95. The molecule has 0 unspecified atom stereocenters. The first-order valence-electron chi connectivity index (χ1n) is 8.36. The van der Waals surface area contributed by atoms with Crippen LogP contribution in [0, 0.1) is 6.92 Å². The van der Waals surface area contributed by atoms with E-state index in [9.17, 15) is 4.79 Å². The number of hydrogen-bond donors (Lipinski definition) is 1. The number of benzene rings is 2. The summed E-state index contributed by atoms with van der Waals surface area (Å²) in [6.45, 7) is 4.66. The predicted molar refractivity (Wildman–Crippen MR) is 112 cm³/mol. The van der Waals surface area contributed by atoms with Crippen molar-refractivity contribution in [2.24, 2.45) is 0 Å². The van der Waals surface area contributed by atoms with Crippen LogP contribution in [0.4, 0.5) is 5.69 Å². The normalized spacial score (nSPS) is 10.8. The second-order valence-corrected chi connectivity index (χ2v) is 7.64. The maximum atomic E-state index is 12.2. The van der Waals surface area contributed by atoms with Crippen molar-refractivity contribution >= 4 is 46.6 Å². The average molecular weight is 421 g/mol. The summed E-state index contributed by atoms with van der Waals surface area (Å²) in [4.78, 5) is 12.2. The molecule has 0 aliphatic heterocycles. The minimum Gasteiger partial charge on any atom is -0.325 e. The maximum absolute atomic E-state index is 12.2. The number of anilines is 1. The fraction of sp³-hybridized carbons (Fsp3) is 0.211. The molecule has 0 saturated carbocycles. The molecule has 0 spiro atoms. The molecule has 3 rings (SSSR count). The number of amides is 1. The van der Waals surface area contributed by atoms with Crippen LogP contribution in [0.3, 0.4) is 0 Å². The van der Waals surface area contributed by atoms with Crippen LogP contribution in [0.25, 0.3) is 11.4 Å². The van der Waals surface area contributed by atoms with Gasteiger partial charge in [-0.1, -0.05) is 47.1 Å². The molecule has 27 heavy (non-hydrogen) atoms. The van der Waals surface area contributed by atoms with E-state index in [0.717, 1.165) is 16.8 Å². The number of aryl methyl sites for hydroxylation is 1. The van der Waals surface area contributed by atoms with Crippen molar-refractivity contribution in [2.45, 2.75) is 25.5 Å². The smallest absolute Gasteiger partial charge is 0.234 e. The van der Waals surface area contributed by atoms with Gasteiger partial charge in [-0.05, 0) is 49.7 Å². The Morgan fingerprint density at radius 2 is 1.96 bits per heavy atom. The largest absolute Gasteiger partial charge is 0.325 e. The molecule has 0 bridgehead atoms. The fourth-order valence-electron chi connectivity index (χ4n) is 2.58. The van der Waals surface area contributed by atoms with E-state index in [0.29, 0.717) is 27.6 Å². The molecule has 1 N–H and O–H groups in total. The SMILES string of the molecule is CCn1c(SCC(=O)Nc2cccc(C)c2)nnc1-c1ccc(Cl)c(Cl)c1. The number of aromatic nitrogens is 3. The molecule has 0 radical (unpaired) electrons. The Kier molecular flexibility index (Phi) is 6.42. The molecule has 0 aliphatic rings. The lowest BCUT2D eigenvalue weighted by Crippen LogP contribution is -2.14. The Balaban J connectivity index is 1.71. The fourth-order valence-corrected chi connectivity index (χ4v) is 3.68. The van der Waals surface area contributed by atoms with Crippen LogP contribution in [0.1, 0.15) is 12.5 Å². The van der Waals surface area contributed by atoms with Crippen molar-refractivity contribution in [3.05, 3.63) is 58.1 Å². The van der Waals surface area contributed by atoms with Gasteiger partial charge in [0, 0.05) is 17.8 Å². The van der Waals surface area contributed by atoms with Crippen LogP contribution >= 0.6 is 35.0 Å². The maximum Gasteiger partial charge on any atom is 0.234 e. The van der Waals surface area contributed by atoms with E-state index in [1.807, 2.05) is 48.7 Å². The van der Waals surface area contributed by atoms with Gasteiger partial charge in [0.1, 0.15) is 0 Å². The van der Waals surface area contributed by atoms with Crippen LogP contribution < -0.4 is 5.32 Å². The second-order valence-electron chi connectivity index (χ2n) is 5.89. The Morgan fingerprint density at radius 1 is 1.15 bits per heavy atom. The van der Waals surface area contributed by atoms with Crippen LogP contribution in [0.5, 0.6) is 0 Å². The van der Waals surface area contributed by atoms with Gasteiger partial charge >= 0.3 is 0 Å². The van der Waals surface area contributed by atoms with Crippen molar-refractivity contribution in [1.29, 1.82) is 0 Å². The molecule has 0 saturated heterocycles. The van der Waals surface area contributed by atoms with Crippen LogP contribution in [0.2, 0.25) is 10.0 Å². The number of carbonyl (C=O) groups excluding carboxylic acids is 1. The van der Waals surface area contributed by atoms with Crippen molar-refractivity contribution in [1.82, 2.24) is 14.8 Å². The number of carbonyl (C=O) groups is 1. The summed E-state index contributed by atoms with van der Waals surface area (Å²) in [5.74, 6) is 0.845. The van der Waals surface area contributed by atoms with Crippen LogP contribution in [-0.4, -0.2) is 26.4 Å². The first kappa shape index (κ1) is 19.7. The van der Waals surface area contributed by atoms with Gasteiger partial charge in [0.05, 0.1) is 15.8 Å². The number of nitrogens with one attached hydrogen (secondary N) is 1. The highest BCUT2D eigenvalue weighted by Gasteiger charge is 2.15. The van der Waals surface area contributed by atoms with Gasteiger partial charge in [-0.3, -0.25) is 4.79 Å². The van der Waals surface area contributed by atoms with Crippen LogP contribution in [-0.2, 0) is 11.3 Å². The molecule has 1 amide bonds. The summed E-state index contributed by atoms with van der Waals surface area (Å²) in [5, 5.41) is 13.0. The number of nitrogens with zero attached hydrogens (tertiary/aromatic N) is 3. The lowest BCUT2D eigenvalue weighted by molar-refractivity contribution is -0.113. The van der Waals surface area contributed by atoms with E-state index in [2.05, 4.69) is 15.5 Å². The Bertz CT molecular complexity index is 974. The van der Waals surface area contributed by atoms with Crippen molar-refractivity contribution in [2.75, 3.05) is 11.1 Å². The highest BCUT2D eigenvalue weighted by molar-refractivity contribution is 7.99. The summed E-state index contributed by atoms with van der Waals surface area (Å²) in [5.41, 5.74) is 2.71. The summed E-state index contributed by atoms with van der Waals surface area (Å²) in [7, 11) is 0. The van der Waals surface area contributed by atoms with Gasteiger partial charge in [0.2, 0.25) is 5.91 Å². The molecule has 2 aromatic carbocycles. The van der Waals surface area contributed by atoms with Gasteiger partial charge in [0.15, 0.2) is 11.0 Å². The zero-order valence-electron chi connectivity index (χ0n) is 14.9. The first-order chi connectivity index (χ1) is 13.0. The molecule has 0 aliphatic carbocycles. The summed E-state index contributed by atoms with van der Waals surface area (Å²) >= 11 is 13.4. The zero-order valence-corrected chi connectivity index (χ0v) is 17.2. The quantitative estimate of drug-likeness (QED) is 0.548. The topological polar surface area (TPSA) is 59.8 Å². The Hall–Kier alpha value is -2.02. The number of thioether (sulfide) groups is 1. The lowest BCUT2D eigenvalue weighted by Gasteiger charge is -2.08. The highest BCUT2D eigenvalue weighted by Crippen LogP contribution is 2.29. The zero-order chi connectivity index (χ0) is 19.4. The molecule has 0 atom stereocenters. The summed E-state index contributed by atoms with van der Waals surface area (Å²) in [6.07, 6.45) is 0. The van der Waals surface area contributed by atoms with E-state index in [4.69, 9.17) is 23.2 Å². The van der Waals surface area contributed by atoms with E-state index >= 15 is 0 Å². The van der Waals surface area contributed by atoms with Gasteiger partial charge in [-0.15, -0.1) is 10.2 Å². The van der Waals surface area contributed by atoms with Crippen LogP contribution in [0.15, 0.2) is 47.6 Å². The Morgan fingerprint density at radius 3 is 2.67 bits per heavy atom. The van der Waals surface area contributed by atoms with E-state index in [-0.39, 0.29) is 11.7 Å². The second kappa shape index (κ2) is 8.78. The molecule has 3 aromatic rings. The molecule has 1 aromatic heterocycles. The van der Waals surface area contributed by atoms with E-state index < -0.39 is 0 Å². The van der Waals surface area contributed by atoms with Crippen molar-refractivity contribution in [3.63, 3.8) is 0 Å².